The highest BCUT2D eigenvalue weighted by Crippen LogP contribution is 2.25. The van der Waals surface area contributed by atoms with Crippen LogP contribution in [0.4, 0.5) is 0 Å². The third-order valence-electron chi connectivity index (χ3n) is 2.74. The molecule has 0 saturated carbocycles. The van der Waals surface area contributed by atoms with Gasteiger partial charge in [0.25, 0.3) is 0 Å². The maximum absolute atomic E-state index is 11.7. The summed E-state index contributed by atoms with van der Waals surface area (Å²) in [7, 11) is 0. The Morgan fingerprint density at radius 1 is 1.73 bits per heavy atom. The molecule has 1 atom stereocenters. The van der Waals surface area contributed by atoms with Crippen molar-refractivity contribution in [2.24, 2.45) is 0 Å². The number of ether oxygens (including phenoxy) is 1. The molecule has 0 amide bonds. The van der Waals surface area contributed by atoms with Gasteiger partial charge in [-0.15, -0.1) is 0 Å². The van der Waals surface area contributed by atoms with Crippen molar-refractivity contribution in [3.8, 4) is 0 Å². The Hall–Kier alpha value is -1.32. The molecule has 1 aliphatic heterocycles. The molecule has 0 aliphatic carbocycles. The van der Waals surface area contributed by atoms with E-state index < -0.39 is 0 Å². The van der Waals surface area contributed by atoms with E-state index in [2.05, 4.69) is 12.0 Å². The first kappa shape index (κ1) is 10.2. The second-order valence-corrected chi connectivity index (χ2v) is 3.84. The van der Waals surface area contributed by atoms with Crippen molar-refractivity contribution in [1.29, 1.82) is 0 Å². The molecule has 1 unspecified atom stereocenters. The third-order valence-corrected chi connectivity index (χ3v) is 2.74. The monoisotopic (exact) mass is 208 g/mol. The first-order valence-corrected chi connectivity index (χ1v) is 5.52. The fourth-order valence-electron chi connectivity index (χ4n) is 1.86. The molecular formula is C11H16N2O2. The van der Waals surface area contributed by atoms with Crippen molar-refractivity contribution in [2.75, 3.05) is 6.61 Å². The van der Waals surface area contributed by atoms with Crippen molar-refractivity contribution >= 4 is 5.97 Å². The number of aromatic nitrogens is 2. The summed E-state index contributed by atoms with van der Waals surface area (Å²) in [6.45, 7) is 2.61. The maximum Gasteiger partial charge on any atom is 0.330 e. The van der Waals surface area contributed by atoms with Crippen LogP contribution < -0.4 is 0 Å². The number of fused-ring (bicyclic) bond motifs is 1. The van der Waals surface area contributed by atoms with Crippen molar-refractivity contribution < 1.29 is 9.53 Å². The van der Waals surface area contributed by atoms with Crippen LogP contribution in [0.1, 0.15) is 37.9 Å². The summed E-state index contributed by atoms with van der Waals surface area (Å²) in [5.41, 5.74) is 1.13. The summed E-state index contributed by atoms with van der Waals surface area (Å²) in [5, 5.41) is 4.14. The standard InChI is InChI=1S/C11H16N2O2/c1-2-3-8-15-11(14)10-5-4-9-6-7-12-13(9)10/h6-7,10H,2-5,8H2,1H3. The lowest BCUT2D eigenvalue weighted by atomic mass is 10.2. The average molecular weight is 208 g/mol. The highest BCUT2D eigenvalue weighted by molar-refractivity contribution is 5.74. The van der Waals surface area contributed by atoms with E-state index in [1.807, 2.05) is 6.07 Å². The van der Waals surface area contributed by atoms with Crippen molar-refractivity contribution in [3.63, 3.8) is 0 Å². The highest BCUT2D eigenvalue weighted by atomic mass is 16.5. The molecular weight excluding hydrogens is 192 g/mol. The van der Waals surface area contributed by atoms with Crippen molar-refractivity contribution in [3.05, 3.63) is 18.0 Å². The van der Waals surface area contributed by atoms with E-state index in [9.17, 15) is 4.79 Å². The molecule has 0 fully saturated rings. The lowest BCUT2D eigenvalue weighted by Crippen LogP contribution is -2.20. The van der Waals surface area contributed by atoms with Gasteiger partial charge in [-0.3, -0.25) is 4.68 Å². The van der Waals surface area contributed by atoms with Crippen LogP contribution >= 0.6 is 0 Å². The number of nitrogens with zero attached hydrogens (tertiary/aromatic N) is 2. The van der Waals surface area contributed by atoms with Crippen LogP contribution in [0.25, 0.3) is 0 Å². The van der Waals surface area contributed by atoms with Crippen LogP contribution in [-0.2, 0) is 16.0 Å². The third kappa shape index (κ3) is 2.03. The quantitative estimate of drug-likeness (QED) is 0.559. The summed E-state index contributed by atoms with van der Waals surface area (Å²) in [4.78, 5) is 11.7. The molecule has 0 aromatic carbocycles. The lowest BCUT2D eigenvalue weighted by Gasteiger charge is -2.11. The fraction of sp³-hybridized carbons (Fsp3) is 0.636. The Kier molecular flexibility index (Phi) is 3.04. The highest BCUT2D eigenvalue weighted by Gasteiger charge is 2.29. The van der Waals surface area contributed by atoms with Gasteiger partial charge in [-0.25, -0.2) is 4.79 Å². The first-order valence-electron chi connectivity index (χ1n) is 5.52. The van der Waals surface area contributed by atoms with Gasteiger partial charge in [-0.1, -0.05) is 13.3 Å². The van der Waals surface area contributed by atoms with Crippen LogP contribution in [0.15, 0.2) is 12.3 Å². The van der Waals surface area contributed by atoms with Gasteiger partial charge < -0.3 is 4.74 Å². The topological polar surface area (TPSA) is 44.1 Å². The van der Waals surface area contributed by atoms with E-state index in [4.69, 9.17) is 4.74 Å². The second-order valence-electron chi connectivity index (χ2n) is 3.84. The Morgan fingerprint density at radius 2 is 2.60 bits per heavy atom. The lowest BCUT2D eigenvalue weighted by molar-refractivity contribution is -0.147. The van der Waals surface area contributed by atoms with E-state index in [1.54, 1.807) is 10.9 Å². The predicted octanol–water partition coefficient (Wildman–Crippen LogP) is 1.71. The smallest absolute Gasteiger partial charge is 0.330 e. The van der Waals surface area contributed by atoms with Crippen LogP contribution in [0.3, 0.4) is 0 Å². The predicted molar refractivity (Wildman–Crippen MR) is 55.5 cm³/mol. The summed E-state index contributed by atoms with van der Waals surface area (Å²) in [6.07, 6.45) is 5.47. The molecule has 0 bridgehead atoms. The van der Waals surface area contributed by atoms with Crippen molar-refractivity contribution in [1.82, 2.24) is 9.78 Å². The van der Waals surface area contributed by atoms with Gasteiger partial charge in [-0.2, -0.15) is 5.10 Å². The van der Waals surface area contributed by atoms with Gasteiger partial charge in [0.15, 0.2) is 0 Å². The Balaban J connectivity index is 1.92. The number of carbonyl (C=O) groups excluding carboxylic acids is 1. The summed E-state index contributed by atoms with van der Waals surface area (Å²) < 4.78 is 6.98. The normalized spacial score (nSPS) is 18.9. The molecule has 2 heterocycles. The molecule has 1 aromatic heterocycles. The number of aryl methyl sites for hydroxylation is 1. The number of carbonyl (C=O) groups is 1. The minimum absolute atomic E-state index is 0.133. The van der Waals surface area contributed by atoms with E-state index in [0.29, 0.717) is 6.61 Å². The van der Waals surface area contributed by atoms with Gasteiger partial charge in [0.1, 0.15) is 6.04 Å². The Labute approximate surface area is 89.2 Å². The number of unbranched alkanes of at least 4 members (excludes halogenated alkanes) is 1. The van der Waals surface area contributed by atoms with Gasteiger partial charge in [-0.05, 0) is 25.3 Å². The molecule has 4 nitrogen and oxygen atoms in total. The SMILES string of the molecule is CCCCOC(=O)C1CCc2ccnn21. The van der Waals surface area contributed by atoms with E-state index in [0.717, 1.165) is 31.4 Å². The number of hydrogen-bond donors (Lipinski definition) is 0. The molecule has 0 spiro atoms. The largest absolute Gasteiger partial charge is 0.464 e. The van der Waals surface area contributed by atoms with Crippen LogP contribution in [0.5, 0.6) is 0 Å². The number of esters is 1. The zero-order valence-corrected chi connectivity index (χ0v) is 8.98. The van der Waals surface area contributed by atoms with Gasteiger partial charge in [0.2, 0.25) is 0 Å². The second kappa shape index (κ2) is 4.47. The fourth-order valence-corrected chi connectivity index (χ4v) is 1.86. The van der Waals surface area contributed by atoms with Gasteiger partial charge >= 0.3 is 5.97 Å². The molecule has 4 heteroatoms. The minimum Gasteiger partial charge on any atom is -0.464 e. The molecule has 15 heavy (non-hydrogen) atoms. The van der Waals surface area contributed by atoms with E-state index >= 15 is 0 Å². The molecule has 0 saturated heterocycles. The average Bonchev–Trinajstić information content (AvgIpc) is 2.78. The molecule has 1 aliphatic rings. The molecule has 2 rings (SSSR count). The molecule has 0 radical (unpaired) electrons. The van der Waals surface area contributed by atoms with Crippen molar-refractivity contribution in [2.45, 2.75) is 38.6 Å². The summed E-state index contributed by atoms with van der Waals surface area (Å²) >= 11 is 0. The molecule has 1 aromatic rings. The minimum atomic E-state index is -0.188. The zero-order chi connectivity index (χ0) is 10.7. The van der Waals surface area contributed by atoms with Crippen LogP contribution in [0.2, 0.25) is 0 Å². The van der Waals surface area contributed by atoms with E-state index in [-0.39, 0.29) is 12.0 Å². The van der Waals surface area contributed by atoms with Gasteiger partial charge in [0, 0.05) is 11.9 Å². The summed E-state index contributed by atoms with van der Waals surface area (Å²) in [6, 6.07) is 1.77. The number of rotatable bonds is 4. The zero-order valence-electron chi connectivity index (χ0n) is 8.98. The molecule has 82 valence electrons. The van der Waals surface area contributed by atoms with Gasteiger partial charge in [0.05, 0.1) is 6.61 Å². The van der Waals surface area contributed by atoms with Crippen LogP contribution in [-0.4, -0.2) is 22.4 Å². The Morgan fingerprint density at radius 3 is 3.40 bits per heavy atom. The maximum atomic E-state index is 11.7. The van der Waals surface area contributed by atoms with Crippen LogP contribution in [0, 0.1) is 0 Å². The summed E-state index contributed by atoms with van der Waals surface area (Å²) in [5.74, 6) is -0.133. The van der Waals surface area contributed by atoms with E-state index in [1.165, 1.54) is 0 Å². The number of hydrogen-bond acceptors (Lipinski definition) is 3. The first-order chi connectivity index (χ1) is 7.33. The Bertz CT molecular complexity index is 346. The molecule has 0 N–H and O–H groups in total.